The first kappa shape index (κ1) is 18.9. The molecule has 1 N–H and O–H groups in total. The molecule has 0 saturated carbocycles. The molecule has 5 heteroatoms. The van der Waals surface area contributed by atoms with Gasteiger partial charge in [0.2, 0.25) is 0 Å². The van der Waals surface area contributed by atoms with Crippen LogP contribution < -0.4 is 0 Å². The molecule has 0 unspecified atom stereocenters. The first-order valence-corrected chi connectivity index (χ1v) is 10.6. The number of aliphatic hydroxyl groups is 1. The largest absolute Gasteiger partial charge is 0.459 e. The van der Waals surface area contributed by atoms with Gasteiger partial charge in [-0.25, -0.2) is 4.79 Å². The lowest BCUT2D eigenvalue weighted by molar-refractivity contribution is -0.155. The Labute approximate surface area is 134 Å². The standard InChI is InChI=1S/C17H28O4Si/c1-17(2,3)22(4,5)21-12-11-15(18)16(19)20-13-14-9-7-6-8-10-14/h6-10,15,18H,11-13H2,1-5H3/t15-/m0/s1. The SMILES string of the molecule is CC(C)(C)[Si](C)(C)OCC[C@H](O)C(=O)OCc1ccccc1. The lowest BCUT2D eigenvalue weighted by Gasteiger charge is -2.36. The zero-order valence-corrected chi connectivity index (χ0v) is 15.3. The van der Waals surface area contributed by atoms with Crippen LogP contribution in [0.4, 0.5) is 0 Å². The van der Waals surface area contributed by atoms with E-state index in [1.165, 1.54) is 0 Å². The van der Waals surface area contributed by atoms with Gasteiger partial charge >= 0.3 is 5.97 Å². The van der Waals surface area contributed by atoms with Gasteiger partial charge in [-0.05, 0) is 23.7 Å². The van der Waals surface area contributed by atoms with Crippen LogP contribution in [0.2, 0.25) is 18.1 Å². The van der Waals surface area contributed by atoms with Crippen molar-refractivity contribution in [1.29, 1.82) is 0 Å². The highest BCUT2D eigenvalue weighted by Gasteiger charge is 2.37. The van der Waals surface area contributed by atoms with E-state index < -0.39 is 20.4 Å². The number of esters is 1. The fourth-order valence-electron chi connectivity index (χ4n) is 1.58. The number of benzene rings is 1. The second-order valence-electron chi connectivity index (χ2n) is 7.01. The Morgan fingerprint density at radius 1 is 1.23 bits per heavy atom. The summed E-state index contributed by atoms with van der Waals surface area (Å²) >= 11 is 0. The van der Waals surface area contributed by atoms with Gasteiger partial charge < -0.3 is 14.3 Å². The minimum atomic E-state index is -1.84. The third-order valence-electron chi connectivity index (χ3n) is 4.16. The van der Waals surface area contributed by atoms with Crippen molar-refractivity contribution >= 4 is 14.3 Å². The molecule has 0 amide bonds. The third kappa shape index (κ3) is 5.91. The highest BCUT2D eigenvalue weighted by molar-refractivity contribution is 6.74. The average Bonchev–Trinajstić information content (AvgIpc) is 2.44. The van der Waals surface area contributed by atoms with Crippen molar-refractivity contribution in [2.45, 2.75) is 58.0 Å². The van der Waals surface area contributed by atoms with Crippen molar-refractivity contribution in [1.82, 2.24) is 0 Å². The number of aliphatic hydroxyl groups excluding tert-OH is 1. The Balaban J connectivity index is 2.33. The Kier molecular flexibility index (Phi) is 6.78. The molecule has 0 aliphatic heterocycles. The van der Waals surface area contributed by atoms with E-state index in [1.807, 2.05) is 30.3 Å². The van der Waals surface area contributed by atoms with E-state index >= 15 is 0 Å². The molecular formula is C17H28O4Si. The Morgan fingerprint density at radius 3 is 2.36 bits per heavy atom. The van der Waals surface area contributed by atoms with Crippen LogP contribution in [-0.4, -0.2) is 32.1 Å². The van der Waals surface area contributed by atoms with Crippen molar-refractivity contribution in [3.63, 3.8) is 0 Å². The van der Waals surface area contributed by atoms with E-state index in [1.54, 1.807) is 0 Å². The first-order chi connectivity index (χ1) is 10.1. The van der Waals surface area contributed by atoms with Crippen molar-refractivity contribution in [3.05, 3.63) is 35.9 Å². The number of carbonyl (C=O) groups is 1. The summed E-state index contributed by atoms with van der Waals surface area (Å²) in [5.41, 5.74) is 0.903. The second kappa shape index (κ2) is 7.90. The summed E-state index contributed by atoms with van der Waals surface area (Å²) in [5.74, 6) is -0.595. The maximum atomic E-state index is 11.8. The Morgan fingerprint density at radius 2 is 1.82 bits per heavy atom. The molecule has 0 fully saturated rings. The molecular weight excluding hydrogens is 296 g/mol. The quantitative estimate of drug-likeness (QED) is 0.616. The van der Waals surface area contributed by atoms with Gasteiger partial charge in [0.25, 0.3) is 0 Å². The molecule has 1 aromatic carbocycles. The number of ether oxygens (including phenoxy) is 1. The van der Waals surface area contributed by atoms with Gasteiger partial charge in [-0.15, -0.1) is 0 Å². The van der Waals surface area contributed by atoms with Crippen molar-refractivity contribution in [3.8, 4) is 0 Å². The number of rotatable bonds is 7. The van der Waals surface area contributed by atoms with Crippen molar-refractivity contribution in [2.75, 3.05) is 6.61 Å². The summed E-state index contributed by atoms with van der Waals surface area (Å²) in [6.07, 6.45) is -0.867. The van der Waals surface area contributed by atoms with Gasteiger partial charge in [-0.1, -0.05) is 51.1 Å². The van der Waals surface area contributed by atoms with Crippen LogP contribution in [0.25, 0.3) is 0 Å². The van der Waals surface area contributed by atoms with Crippen LogP contribution in [0.3, 0.4) is 0 Å². The molecule has 4 nitrogen and oxygen atoms in total. The molecule has 22 heavy (non-hydrogen) atoms. The summed E-state index contributed by atoms with van der Waals surface area (Å²) in [6, 6.07) is 9.41. The maximum absolute atomic E-state index is 11.8. The van der Waals surface area contributed by atoms with E-state index in [0.717, 1.165) is 5.56 Å². The Hall–Kier alpha value is -1.17. The summed E-state index contributed by atoms with van der Waals surface area (Å²) < 4.78 is 11.1. The van der Waals surface area contributed by atoms with E-state index in [4.69, 9.17) is 9.16 Å². The highest BCUT2D eigenvalue weighted by Crippen LogP contribution is 2.36. The van der Waals surface area contributed by atoms with E-state index in [9.17, 15) is 9.90 Å². The van der Waals surface area contributed by atoms with Crippen LogP contribution in [0, 0.1) is 0 Å². The molecule has 1 aromatic rings. The van der Waals surface area contributed by atoms with Gasteiger partial charge in [-0.2, -0.15) is 0 Å². The topological polar surface area (TPSA) is 55.8 Å². The normalized spacial score (nSPS) is 13.7. The molecule has 0 aliphatic rings. The monoisotopic (exact) mass is 324 g/mol. The summed E-state index contributed by atoms with van der Waals surface area (Å²) in [5, 5.41) is 9.97. The smallest absolute Gasteiger partial charge is 0.335 e. The average molecular weight is 324 g/mol. The fourth-order valence-corrected chi connectivity index (χ4v) is 2.65. The maximum Gasteiger partial charge on any atom is 0.335 e. The predicted octanol–water partition coefficient (Wildman–Crippen LogP) is 3.50. The minimum absolute atomic E-state index is 0.117. The molecule has 0 radical (unpaired) electrons. The number of hydrogen-bond donors (Lipinski definition) is 1. The van der Waals surface area contributed by atoms with E-state index in [2.05, 4.69) is 33.9 Å². The molecule has 0 spiro atoms. The lowest BCUT2D eigenvalue weighted by Crippen LogP contribution is -2.41. The summed E-state index contributed by atoms with van der Waals surface area (Å²) in [4.78, 5) is 11.8. The molecule has 124 valence electrons. The molecule has 0 bridgehead atoms. The fraction of sp³-hybridized carbons (Fsp3) is 0.588. The van der Waals surface area contributed by atoms with Crippen LogP contribution in [0.5, 0.6) is 0 Å². The highest BCUT2D eigenvalue weighted by atomic mass is 28.4. The number of carbonyl (C=O) groups excluding carboxylic acids is 1. The van der Waals surface area contributed by atoms with Gasteiger partial charge in [-0.3, -0.25) is 0 Å². The second-order valence-corrected chi connectivity index (χ2v) is 11.8. The van der Waals surface area contributed by atoms with E-state index in [-0.39, 0.29) is 18.1 Å². The van der Waals surface area contributed by atoms with Gasteiger partial charge in [0.05, 0.1) is 0 Å². The Bertz CT molecular complexity index is 465. The zero-order valence-electron chi connectivity index (χ0n) is 14.3. The molecule has 0 aromatic heterocycles. The molecule has 0 saturated heterocycles. The minimum Gasteiger partial charge on any atom is -0.459 e. The van der Waals surface area contributed by atoms with Gasteiger partial charge in [0.15, 0.2) is 14.4 Å². The van der Waals surface area contributed by atoms with Gasteiger partial charge in [0.1, 0.15) is 6.61 Å². The molecule has 0 aliphatic carbocycles. The van der Waals surface area contributed by atoms with E-state index in [0.29, 0.717) is 6.61 Å². The lowest BCUT2D eigenvalue weighted by atomic mass is 10.2. The van der Waals surface area contributed by atoms with Crippen LogP contribution in [-0.2, 0) is 20.6 Å². The zero-order chi connectivity index (χ0) is 16.8. The molecule has 1 atom stereocenters. The molecule has 0 heterocycles. The molecule has 1 rings (SSSR count). The van der Waals surface area contributed by atoms with Crippen molar-refractivity contribution in [2.24, 2.45) is 0 Å². The van der Waals surface area contributed by atoms with Crippen LogP contribution in [0.1, 0.15) is 32.8 Å². The predicted molar refractivity (Wildman–Crippen MR) is 90.0 cm³/mol. The first-order valence-electron chi connectivity index (χ1n) is 7.66. The summed E-state index contributed by atoms with van der Waals surface area (Å²) in [7, 11) is -1.84. The number of hydrogen-bond acceptors (Lipinski definition) is 4. The van der Waals surface area contributed by atoms with Crippen molar-refractivity contribution < 1.29 is 19.1 Å². The summed E-state index contributed by atoms with van der Waals surface area (Å²) in [6.45, 7) is 11.3. The van der Waals surface area contributed by atoms with Gasteiger partial charge in [0, 0.05) is 13.0 Å². The van der Waals surface area contributed by atoms with Crippen LogP contribution in [0.15, 0.2) is 30.3 Å². The third-order valence-corrected chi connectivity index (χ3v) is 8.69. The van der Waals surface area contributed by atoms with Crippen LogP contribution >= 0.6 is 0 Å².